The molecule has 12 heavy (non-hydrogen) atoms. The molecule has 1 nitrogen and oxygen atoms in total. The Morgan fingerprint density at radius 1 is 1.42 bits per heavy atom. The molecule has 0 saturated heterocycles. The summed E-state index contributed by atoms with van der Waals surface area (Å²) < 4.78 is 0. The zero-order chi connectivity index (χ0) is 8.55. The molecule has 0 N–H and O–H groups in total. The summed E-state index contributed by atoms with van der Waals surface area (Å²) in [6, 6.07) is 0. The zero-order valence-corrected chi connectivity index (χ0v) is 7.16. The van der Waals surface area contributed by atoms with E-state index in [1.54, 1.807) is 6.92 Å². The molecule has 0 fully saturated rings. The van der Waals surface area contributed by atoms with Crippen molar-refractivity contribution in [1.82, 2.24) is 0 Å². The van der Waals surface area contributed by atoms with Gasteiger partial charge in [-0.3, -0.25) is 4.79 Å². The summed E-state index contributed by atoms with van der Waals surface area (Å²) in [5.74, 6) is 1.14. The lowest BCUT2D eigenvalue weighted by Gasteiger charge is -2.17. The van der Waals surface area contributed by atoms with Crippen molar-refractivity contribution in [2.24, 2.45) is 11.8 Å². The lowest BCUT2D eigenvalue weighted by Crippen LogP contribution is -2.12. The number of ketones is 1. The van der Waals surface area contributed by atoms with Crippen LogP contribution in [0, 0.1) is 11.8 Å². The van der Waals surface area contributed by atoms with Crippen LogP contribution in [0.5, 0.6) is 0 Å². The fourth-order valence-electron chi connectivity index (χ4n) is 1.99. The Kier molecular flexibility index (Phi) is 1.72. The highest BCUT2D eigenvalue weighted by Gasteiger charge is 2.28. The standard InChI is InChI=1S/C11H12O/c1-8(12)10-7-6-9-4-2-3-5-11(9)10/h2-5,7,9,11H,6H2,1H3/t9-,11-/m0/s1. The average molecular weight is 160 g/mol. The molecule has 0 bridgehead atoms. The fourth-order valence-corrected chi connectivity index (χ4v) is 1.99. The molecule has 0 aliphatic heterocycles. The van der Waals surface area contributed by atoms with E-state index in [9.17, 15) is 4.79 Å². The number of fused-ring (bicyclic) bond motifs is 1. The monoisotopic (exact) mass is 160 g/mol. The zero-order valence-electron chi connectivity index (χ0n) is 7.16. The van der Waals surface area contributed by atoms with Crippen LogP contribution < -0.4 is 0 Å². The van der Waals surface area contributed by atoms with Crippen LogP contribution in [-0.4, -0.2) is 5.78 Å². The van der Waals surface area contributed by atoms with Crippen molar-refractivity contribution in [3.8, 4) is 0 Å². The van der Waals surface area contributed by atoms with Gasteiger partial charge in [-0.2, -0.15) is 0 Å². The van der Waals surface area contributed by atoms with Crippen LogP contribution in [0.1, 0.15) is 13.3 Å². The van der Waals surface area contributed by atoms with E-state index in [0.29, 0.717) is 11.8 Å². The maximum atomic E-state index is 11.2. The molecule has 2 aliphatic carbocycles. The summed E-state index contributed by atoms with van der Waals surface area (Å²) >= 11 is 0. The molecular formula is C11H12O. The van der Waals surface area contributed by atoms with E-state index in [2.05, 4.69) is 24.3 Å². The Hall–Kier alpha value is -1.11. The van der Waals surface area contributed by atoms with Gasteiger partial charge in [-0.1, -0.05) is 30.4 Å². The van der Waals surface area contributed by atoms with Gasteiger partial charge in [0.1, 0.15) is 0 Å². The number of carbonyl (C=O) groups excluding carboxylic acids is 1. The maximum Gasteiger partial charge on any atom is 0.156 e. The number of carbonyl (C=O) groups is 1. The number of allylic oxidation sites excluding steroid dienone is 6. The predicted molar refractivity (Wildman–Crippen MR) is 48.6 cm³/mol. The molecular weight excluding hydrogens is 148 g/mol. The highest BCUT2D eigenvalue weighted by atomic mass is 16.1. The molecule has 0 radical (unpaired) electrons. The first-order chi connectivity index (χ1) is 5.79. The van der Waals surface area contributed by atoms with Crippen LogP contribution in [0.15, 0.2) is 36.0 Å². The van der Waals surface area contributed by atoms with E-state index in [0.717, 1.165) is 12.0 Å². The number of hydrogen-bond acceptors (Lipinski definition) is 1. The first-order valence-electron chi connectivity index (χ1n) is 4.35. The van der Waals surface area contributed by atoms with Crippen LogP contribution in [0.3, 0.4) is 0 Å². The topological polar surface area (TPSA) is 17.1 Å². The normalized spacial score (nSPS) is 31.6. The Morgan fingerprint density at radius 3 is 2.92 bits per heavy atom. The molecule has 0 aromatic carbocycles. The Balaban J connectivity index is 2.26. The minimum absolute atomic E-state index is 0.224. The van der Waals surface area contributed by atoms with Crippen molar-refractivity contribution >= 4 is 5.78 Å². The van der Waals surface area contributed by atoms with Crippen molar-refractivity contribution in [3.63, 3.8) is 0 Å². The van der Waals surface area contributed by atoms with Gasteiger partial charge in [-0.25, -0.2) is 0 Å². The summed E-state index contributed by atoms with van der Waals surface area (Å²) in [6.45, 7) is 1.65. The van der Waals surface area contributed by atoms with E-state index in [1.165, 1.54) is 0 Å². The summed E-state index contributed by atoms with van der Waals surface area (Å²) in [5, 5.41) is 0. The summed E-state index contributed by atoms with van der Waals surface area (Å²) in [5.41, 5.74) is 1.00. The van der Waals surface area contributed by atoms with Crippen molar-refractivity contribution in [2.75, 3.05) is 0 Å². The second kappa shape index (κ2) is 2.74. The smallest absolute Gasteiger partial charge is 0.156 e. The fraction of sp³-hybridized carbons (Fsp3) is 0.364. The highest BCUT2D eigenvalue weighted by molar-refractivity contribution is 5.94. The largest absolute Gasteiger partial charge is 0.295 e. The molecule has 2 atom stereocenters. The van der Waals surface area contributed by atoms with Crippen molar-refractivity contribution < 1.29 is 4.79 Å². The van der Waals surface area contributed by atoms with Crippen molar-refractivity contribution in [1.29, 1.82) is 0 Å². The Labute approximate surface area is 72.5 Å². The van der Waals surface area contributed by atoms with Crippen LogP contribution >= 0.6 is 0 Å². The molecule has 0 saturated carbocycles. The molecule has 0 unspecified atom stereocenters. The van der Waals surface area contributed by atoms with Crippen LogP contribution in [0.2, 0.25) is 0 Å². The first-order valence-corrected chi connectivity index (χ1v) is 4.35. The molecule has 0 amide bonds. The van der Waals surface area contributed by atoms with Gasteiger partial charge in [0, 0.05) is 5.92 Å². The second-order valence-electron chi connectivity index (χ2n) is 3.41. The van der Waals surface area contributed by atoms with Gasteiger partial charge in [-0.05, 0) is 24.8 Å². The summed E-state index contributed by atoms with van der Waals surface area (Å²) in [4.78, 5) is 11.2. The molecule has 1 heteroatoms. The lowest BCUT2D eigenvalue weighted by atomic mass is 9.86. The van der Waals surface area contributed by atoms with E-state index >= 15 is 0 Å². The predicted octanol–water partition coefficient (Wildman–Crippen LogP) is 2.26. The quantitative estimate of drug-likeness (QED) is 0.575. The van der Waals surface area contributed by atoms with Crippen LogP contribution in [-0.2, 0) is 4.79 Å². The van der Waals surface area contributed by atoms with E-state index in [1.807, 2.05) is 6.08 Å². The van der Waals surface area contributed by atoms with Gasteiger partial charge in [0.2, 0.25) is 0 Å². The minimum atomic E-state index is 0.224. The van der Waals surface area contributed by atoms with Gasteiger partial charge in [0.25, 0.3) is 0 Å². The Bertz CT molecular complexity index is 294. The number of Topliss-reactive ketones (excluding diaryl/α,β-unsaturated/α-hetero) is 1. The third-order valence-electron chi connectivity index (χ3n) is 2.62. The third-order valence-corrected chi connectivity index (χ3v) is 2.62. The molecule has 0 aromatic heterocycles. The second-order valence-corrected chi connectivity index (χ2v) is 3.41. The summed E-state index contributed by atoms with van der Waals surface area (Å²) in [6.07, 6.45) is 11.5. The van der Waals surface area contributed by atoms with Crippen LogP contribution in [0.25, 0.3) is 0 Å². The van der Waals surface area contributed by atoms with E-state index < -0.39 is 0 Å². The molecule has 0 heterocycles. The van der Waals surface area contributed by atoms with Gasteiger partial charge < -0.3 is 0 Å². The number of rotatable bonds is 1. The van der Waals surface area contributed by atoms with Gasteiger partial charge >= 0.3 is 0 Å². The third kappa shape index (κ3) is 1.06. The van der Waals surface area contributed by atoms with Crippen molar-refractivity contribution in [3.05, 3.63) is 36.0 Å². The van der Waals surface area contributed by atoms with Crippen molar-refractivity contribution in [2.45, 2.75) is 13.3 Å². The molecule has 0 aromatic rings. The van der Waals surface area contributed by atoms with E-state index in [4.69, 9.17) is 0 Å². The summed E-state index contributed by atoms with van der Waals surface area (Å²) in [7, 11) is 0. The van der Waals surface area contributed by atoms with Crippen LogP contribution in [0.4, 0.5) is 0 Å². The van der Waals surface area contributed by atoms with Gasteiger partial charge in [0.05, 0.1) is 0 Å². The first kappa shape index (κ1) is 7.53. The molecule has 2 rings (SSSR count). The minimum Gasteiger partial charge on any atom is -0.295 e. The number of hydrogen-bond donors (Lipinski definition) is 0. The molecule has 0 spiro atoms. The molecule has 2 aliphatic rings. The highest BCUT2D eigenvalue weighted by Crippen LogP contribution is 2.36. The Morgan fingerprint density at radius 2 is 2.17 bits per heavy atom. The van der Waals surface area contributed by atoms with E-state index in [-0.39, 0.29) is 5.78 Å². The maximum absolute atomic E-state index is 11.2. The SMILES string of the molecule is CC(=O)C1=CC[C@@H]2C=CC=C[C@H]12. The van der Waals surface area contributed by atoms with Gasteiger partial charge in [0.15, 0.2) is 5.78 Å². The lowest BCUT2D eigenvalue weighted by molar-refractivity contribution is -0.114. The average Bonchev–Trinajstić information content (AvgIpc) is 2.47. The molecule has 62 valence electrons. The van der Waals surface area contributed by atoms with Gasteiger partial charge in [-0.15, -0.1) is 0 Å².